The van der Waals surface area contributed by atoms with E-state index in [4.69, 9.17) is 0 Å². The molecule has 1 fully saturated rings. The first kappa shape index (κ1) is 18.9. The zero-order valence-electron chi connectivity index (χ0n) is 16.0. The monoisotopic (exact) mass is 399 g/mol. The molecule has 1 saturated heterocycles. The smallest absolute Gasteiger partial charge is 0.255 e. The number of fused-ring (bicyclic) bond motifs is 1. The molecule has 1 aromatic carbocycles. The minimum atomic E-state index is -3.00. The Morgan fingerprint density at radius 1 is 1.11 bits per heavy atom. The van der Waals surface area contributed by atoms with Gasteiger partial charge in [-0.05, 0) is 42.5 Å². The maximum atomic E-state index is 12.6. The second-order valence-corrected chi connectivity index (χ2v) is 9.93. The van der Waals surface area contributed by atoms with Gasteiger partial charge < -0.3 is 9.80 Å². The van der Waals surface area contributed by atoms with Gasteiger partial charge in [0.25, 0.3) is 5.91 Å². The molecular weight excluding hydrogens is 374 g/mol. The lowest BCUT2D eigenvalue weighted by Crippen LogP contribution is -2.43. The van der Waals surface area contributed by atoms with Crippen LogP contribution < -0.4 is 4.90 Å². The van der Waals surface area contributed by atoms with Crippen molar-refractivity contribution in [1.29, 1.82) is 0 Å². The quantitative estimate of drug-likeness (QED) is 0.789. The zero-order chi connectivity index (χ0) is 19.7. The molecule has 0 radical (unpaired) electrons. The van der Waals surface area contributed by atoms with Crippen LogP contribution in [-0.2, 0) is 22.7 Å². The van der Waals surface area contributed by atoms with Gasteiger partial charge in [-0.15, -0.1) is 0 Å². The number of pyridine rings is 1. The minimum absolute atomic E-state index is 0.0378. The van der Waals surface area contributed by atoms with Gasteiger partial charge >= 0.3 is 0 Å². The molecule has 1 amide bonds. The fourth-order valence-corrected chi connectivity index (χ4v) is 5.22. The third-order valence-electron chi connectivity index (χ3n) is 5.86. The molecule has 0 bridgehead atoms. The maximum absolute atomic E-state index is 12.6. The van der Waals surface area contributed by atoms with E-state index in [1.54, 1.807) is 17.2 Å². The molecule has 148 valence electrons. The number of aryl methyl sites for hydroxylation is 1. The third-order valence-corrected chi connectivity index (χ3v) is 7.47. The van der Waals surface area contributed by atoms with Gasteiger partial charge in [-0.1, -0.05) is 24.3 Å². The average Bonchev–Trinajstić information content (AvgIpc) is 2.72. The van der Waals surface area contributed by atoms with Crippen LogP contribution in [0.25, 0.3) is 0 Å². The van der Waals surface area contributed by atoms with Crippen molar-refractivity contribution in [3.8, 4) is 0 Å². The summed E-state index contributed by atoms with van der Waals surface area (Å²) in [6, 6.07) is 12.6. The van der Waals surface area contributed by atoms with E-state index >= 15 is 0 Å². The number of carbonyl (C=O) groups excluding carboxylic acids is 1. The Morgan fingerprint density at radius 2 is 1.82 bits per heavy atom. The standard InChI is InChI=1S/C21H25N3O3S/c1-23(19-8-6-16-4-2-3-5-17(16)14-19)20-9-7-18(15-22-20)21(25)24-10-12-28(26,27)13-11-24/h2-5,7,9,15,19H,6,8,10-14H2,1H3. The van der Waals surface area contributed by atoms with Crippen LogP contribution in [0.15, 0.2) is 42.6 Å². The SMILES string of the molecule is CN(c1ccc(C(=O)N2CCS(=O)(=O)CC2)cn1)C1CCc2ccccc2C1. The van der Waals surface area contributed by atoms with Crippen molar-refractivity contribution >= 4 is 21.6 Å². The summed E-state index contributed by atoms with van der Waals surface area (Å²) in [5, 5.41) is 0. The summed E-state index contributed by atoms with van der Waals surface area (Å²) in [5.74, 6) is 0.775. The first-order valence-corrected chi connectivity index (χ1v) is 11.5. The van der Waals surface area contributed by atoms with Crippen molar-refractivity contribution in [3.63, 3.8) is 0 Å². The number of aromatic nitrogens is 1. The fourth-order valence-electron chi connectivity index (χ4n) is 4.02. The number of rotatable bonds is 3. The molecule has 2 heterocycles. The van der Waals surface area contributed by atoms with Crippen LogP contribution in [0, 0.1) is 0 Å². The molecule has 6 nitrogen and oxygen atoms in total. The predicted octanol–water partition coefficient (Wildman–Crippen LogP) is 1.95. The van der Waals surface area contributed by atoms with Crippen molar-refractivity contribution in [3.05, 3.63) is 59.3 Å². The van der Waals surface area contributed by atoms with Crippen molar-refractivity contribution < 1.29 is 13.2 Å². The van der Waals surface area contributed by atoms with Gasteiger partial charge in [0.05, 0.1) is 17.1 Å². The van der Waals surface area contributed by atoms with Crippen LogP contribution in [0.4, 0.5) is 5.82 Å². The molecule has 7 heteroatoms. The Hall–Kier alpha value is -2.41. The first-order valence-electron chi connectivity index (χ1n) is 9.68. The Morgan fingerprint density at radius 3 is 2.50 bits per heavy atom. The van der Waals surface area contributed by atoms with E-state index in [2.05, 4.69) is 41.2 Å². The summed E-state index contributed by atoms with van der Waals surface area (Å²) in [4.78, 5) is 20.9. The fraction of sp³-hybridized carbons (Fsp3) is 0.429. The lowest BCUT2D eigenvalue weighted by Gasteiger charge is -2.33. The van der Waals surface area contributed by atoms with Gasteiger partial charge in [-0.25, -0.2) is 13.4 Å². The highest BCUT2D eigenvalue weighted by atomic mass is 32.2. The van der Waals surface area contributed by atoms with E-state index in [9.17, 15) is 13.2 Å². The summed E-state index contributed by atoms with van der Waals surface area (Å²) < 4.78 is 23.1. The number of amides is 1. The second kappa shape index (κ2) is 7.54. The van der Waals surface area contributed by atoms with Crippen LogP contribution >= 0.6 is 0 Å². The van der Waals surface area contributed by atoms with E-state index in [1.165, 1.54) is 11.1 Å². The normalized spacial score (nSPS) is 21.0. The molecule has 2 aromatic rings. The van der Waals surface area contributed by atoms with Gasteiger partial charge in [-0.2, -0.15) is 0 Å². The summed E-state index contributed by atoms with van der Waals surface area (Å²) in [6.45, 7) is 0.509. The van der Waals surface area contributed by atoms with E-state index in [1.807, 2.05) is 6.07 Å². The van der Waals surface area contributed by atoms with Crippen LogP contribution in [0.3, 0.4) is 0 Å². The number of sulfone groups is 1. The van der Waals surface area contributed by atoms with E-state index in [0.717, 1.165) is 25.1 Å². The summed E-state index contributed by atoms with van der Waals surface area (Å²) in [7, 11) is -0.946. The topological polar surface area (TPSA) is 70.6 Å². The van der Waals surface area contributed by atoms with Gasteiger partial charge in [0, 0.05) is 32.4 Å². The molecule has 28 heavy (non-hydrogen) atoms. The molecule has 1 aromatic heterocycles. The molecule has 1 atom stereocenters. The highest BCUT2D eigenvalue weighted by Crippen LogP contribution is 2.26. The summed E-state index contributed by atoms with van der Waals surface area (Å²) >= 11 is 0. The number of benzene rings is 1. The second-order valence-electron chi connectivity index (χ2n) is 7.63. The molecule has 1 aliphatic heterocycles. The average molecular weight is 400 g/mol. The highest BCUT2D eigenvalue weighted by Gasteiger charge is 2.26. The maximum Gasteiger partial charge on any atom is 0.255 e. The number of likely N-dealkylation sites (N-methyl/N-ethyl adjacent to an activating group) is 1. The third kappa shape index (κ3) is 3.90. The van der Waals surface area contributed by atoms with Crippen molar-refractivity contribution in [2.75, 3.05) is 36.5 Å². The Kier molecular flexibility index (Phi) is 5.10. The minimum Gasteiger partial charge on any atom is -0.356 e. The van der Waals surface area contributed by atoms with Gasteiger partial charge in [0.1, 0.15) is 5.82 Å². The molecule has 1 unspecified atom stereocenters. The van der Waals surface area contributed by atoms with Crippen molar-refractivity contribution in [1.82, 2.24) is 9.88 Å². The Bertz CT molecular complexity index is 959. The van der Waals surface area contributed by atoms with Crippen molar-refractivity contribution in [2.45, 2.75) is 25.3 Å². The Labute approximate surface area is 166 Å². The molecule has 0 saturated carbocycles. The lowest BCUT2D eigenvalue weighted by molar-refractivity contribution is 0.0770. The van der Waals surface area contributed by atoms with Crippen LogP contribution in [0.5, 0.6) is 0 Å². The number of anilines is 1. The number of carbonyl (C=O) groups is 1. The van der Waals surface area contributed by atoms with E-state index in [-0.39, 0.29) is 30.5 Å². The zero-order valence-corrected chi connectivity index (χ0v) is 16.9. The van der Waals surface area contributed by atoms with Crippen LogP contribution in [-0.4, -0.2) is 61.9 Å². The molecule has 4 rings (SSSR count). The van der Waals surface area contributed by atoms with Gasteiger partial charge in [-0.3, -0.25) is 4.79 Å². The molecular formula is C21H25N3O3S. The largest absolute Gasteiger partial charge is 0.356 e. The number of nitrogens with zero attached hydrogens (tertiary/aromatic N) is 3. The van der Waals surface area contributed by atoms with Gasteiger partial charge in [0.2, 0.25) is 0 Å². The molecule has 0 N–H and O–H groups in total. The lowest BCUT2D eigenvalue weighted by atomic mass is 9.88. The van der Waals surface area contributed by atoms with Crippen LogP contribution in [0.2, 0.25) is 0 Å². The molecule has 2 aliphatic rings. The first-order chi connectivity index (χ1) is 13.4. The Balaban J connectivity index is 1.42. The molecule has 0 spiro atoms. The number of hydrogen-bond acceptors (Lipinski definition) is 5. The summed E-state index contributed by atoms with van der Waals surface area (Å²) in [6.07, 6.45) is 4.75. The number of hydrogen-bond donors (Lipinski definition) is 0. The van der Waals surface area contributed by atoms with Crippen molar-refractivity contribution in [2.24, 2.45) is 0 Å². The van der Waals surface area contributed by atoms with E-state index in [0.29, 0.717) is 11.6 Å². The van der Waals surface area contributed by atoms with Crippen LogP contribution in [0.1, 0.15) is 27.9 Å². The van der Waals surface area contributed by atoms with Gasteiger partial charge in [0.15, 0.2) is 9.84 Å². The van der Waals surface area contributed by atoms with E-state index < -0.39 is 9.84 Å². The predicted molar refractivity (Wildman–Crippen MR) is 109 cm³/mol. The molecule has 1 aliphatic carbocycles. The summed E-state index contributed by atoms with van der Waals surface area (Å²) in [5.41, 5.74) is 3.34. The highest BCUT2D eigenvalue weighted by molar-refractivity contribution is 7.91.